The van der Waals surface area contributed by atoms with Crippen molar-refractivity contribution in [2.24, 2.45) is 0 Å². The van der Waals surface area contributed by atoms with Gasteiger partial charge in [-0.25, -0.2) is 13.6 Å². The highest BCUT2D eigenvalue weighted by molar-refractivity contribution is 5.70. The van der Waals surface area contributed by atoms with Gasteiger partial charge in [-0.2, -0.15) is 0 Å². The molecule has 0 radical (unpaired) electrons. The molecular formula is C26H23F2NO2. The van der Waals surface area contributed by atoms with Gasteiger partial charge in [0.15, 0.2) is 0 Å². The van der Waals surface area contributed by atoms with Crippen molar-refractivity contribution in [3.05, 3.63) is 108 Å². The molecule has 0 spiro atoms. The molecule has 1 atom stereocenters. The zero-order chi connectivity index (χ0) is 21.8. The second kappa shape index (κ2) is 8.72. The number of hydrogen-bond donors (Lipinski definition) is 0. The van der Waals surface area contributed by atoms with Crippen molar-refractivity contribution < 1.29 is 18.3 Å². The zero-order valence-electron chi connectivity index (χ0n) is 17.1. The van der Waals surface area contributed by atoms with Gasteiger partial charge in [-0.1, -0.05) is 60.7 Å². The Balaban J connectivity index is 1.47. The van der Waals surface area contributed by atoms with E-state index in [-0.39, 0.29) is 6.09 Å². The molecule has 0 unspecified atom stereocenters. The number of halogens is 2. The molecule has 0 bridgehead atoms. The quantitative estimate of drug-likeness (QED) is 0.430. The maximum absolute atomic E-state index is 14.0. The highest BCUT2D eigenvalue weighted by Crippen LogP contribution is 2.38. The van der Waals surface area contributed by atoms with Gasteiger partial charge in [0.25, 0.3) is 0 Å². The molecule has 1 fully saturated rings. The molecule has 3 nitrogen and oxygen atoms in total. The smallest absolute Gasteiger partial charge is 0.410 e. The number of hydrogen-bond acceptors (Lipinski definition) is 2. The summed E-state index contributed by atoms with van der Waals surface area (Å²) in [6.45, 7) is 4.77. The fourth-order valence-corrected chi connectivity index (χ4v) is 4.01. The Kier molecular flexibility index (Phi) is 5.85. The number of carbonyl (C=O) groups excluding carboxylic acids is 1. The fraction of sp³-hybridized carbons (Fsp3) is 0.192. The van der Waals surface area contributed by atoms with Gasteiger partial charge in [0.05, 0.1) is 0 Å². The van der Waals surface area contributed by atoms with Crippen LogP contribution in [0.25, 0.3) is 11.1 Å². The number of cyclic esters (lactones) is 1. The summed E-state index contributed by atoms with van der Waals surface area (Å²) in [4.78, 5) is 14.5. The lowest BCUT2D eigenvalue weighted by molar-refractivity contribution is -0.0528. The van der Waals surface area contributed by atoms with Gasteiger partial charge in [0.2, 0.25) is 0 Å². The van der Waals surface area contributed by atoms with Crippen molar-refractivity contribution in [1.82, 2.24) is 4.90 Å². The molecular weight excluding hydrogens is 396 g/mol. The van der Waals surface area contributed by atoms with Crippen molar-refractivity contribution in [3.63, 3.8) is 0 Å². The average Bonchev–Trinajstić information content (AvgIpc) is 2.77. The summed E-state index contributed by atoms with van der Waals surface area (Å²) in [6.07, 6.45) is 2.62. The van der Waals surface area contributed by atoms with Gasteiger partial charge in [0.1, 0.15) is 17.2 Å². The largest absolute Gasteiger partial charge is 0.437 e. The van der Waals surface area contributed by atoms with Crippen molar-refractivity contribution in [3.8, 4) is 11.1 Å². The minimum Gasteiger partial charge on any atom is -0.437 e. The van der Waals surface area contributed by atoms with Crippen LogP contribution in [0.1, 0.15) is 24.0 Å². The van der Waals surface area contributed by atoms with Crippen LogP contribution >= 0.6 is 0 Å². The average molecular weight is 419 g/mol. The molecule has 0 aromatic heterocycles. The maximum Gasteiger partial charge on any atom is 0.410 e. The number of rotatable bonds is 6. The highest BCUT2D eigenvalue weighted by atomic mass is 19.1. The third-order valence-electron chi connectivity index (χ3n) is 5.67. The van der Waals surface area contributed by atoms with E-state index < -0.39 is 17.2 Å². The molecule has 5 heteroatoms. The summed E-state index contributed by atoms with van der Waals surface area (Å²) in [7, 11) is 0. The third-order valence-corrected chi connectivity index (χ3v) is 5.67. The van der Waals surface area contributed by atoms with E-state index in [1.165, 1.54) is 12.1 Å². The van der Waals surface area contributed by atoms with Crippen LogP contribution in [0.5, 0.6) is 0 Å². The number of ether oxygens (including phenoxy) is 1. The first-order valence-electron chi connectivity index (χ1n) is 10.2. The summed E-state index contributed by atoms with van der Waals surface area (Å²) < 4.78 is 33.1. The van der Waals surface area contributed by atoms with Crippen LogP contribution in [0, 0.1) is 11.6 Å². The predicted molar refractivity (Wildman–Crippen MR) is 116 cm³/mol. The van der Waals surface area contributed by atoms with Crippen molar-refractivity contribution in [1.29, 1.82) is 0 Å². The van der Waals surface area contributed by atoms with Gasteiger partial charge >= 0.3 is 6.09 Å². The second-order valence-corrected chi connectivity index (χ2v) is 7.71. The zero-order valence-corrected chi connectivity index (χ0v) is 17.1. The molecule has 1 saturated heterocycles. The van der Waals surface area contributed by atoms with Gasteiger partial charge in [-0.05, 0) is 28.8 Å². The molecule has 0 aliphatic carbocycles. The lowest BCUT2D eigenvalue weighted by Gasteiger charge is -2.41. The van der Waals surface area contributed by atoms with E-state index in [4.69, 9.17) is 4.74 Å². The molecule has 1 amide bonds. The Labute approximate surface area is 180 Å². The standard InChI is InChI=1S/C26H23F2NO2/c1-2-14-26(21-6-4-3-5-7-21)15-16-29(25(30)31-26)18-19-8-10-20(11-9-19)23-13-12-22(27)17-24(23)28/h2-13,17H,1,14-16,18H2/t26-/m1/s1. The van der Waals surface area contributed by atoms with Crippen LogP contribution in [0.2, 0.25) is 0 Å². The molecule has 1 aliphatic heterocycles. The van der Waals surface area contributed by atoms with Crippen molar-refractivity contribution >= 4 is 6.09 Å². The Morgan fingerprint density at radius 2 is 1.77 bits per heavy atom. The lowest BCUT2D eigenvalue weighted by atomic mass is 9.86. The first-order chi connectivity index (χ1) is 15.0. The SMILES string of the molecule is C=CC[C@]1(c2ccccc2)CCN(Cc2ccc(-c3ccc(F)cc3F)cc2)C(=O)O1. The van der Waals surface area contributed by atoms with Gasteiger partial charge < -0.3 is 9.64 Å². The predicted octanol–water partition coefficient (Wildman–Crippen LogP) is 6.45. The third kappa shape index (κ3) is 4.36. The van der Waals surface area contributed by atoms with E-state index in [2.05, 4.69) is 6.58 Å². The normalized spacial score (nSPS) is 18.5. The van der Waals surface area contributed by atoms with Crippen molar-refractivity contribution in [2.75, 3.05) is 6.54 Å². The Morgan fingerprint density at radius 3 is 2.42 bits per heavy atom. The monoisotopic (exact) mass is 419 g/mol. The molecule has 4 rings (SSSR count). The van der Waals surface area contributed by atoms with E-state index >= 15 is 0 Å². The Bertz CT molecular complexity index is 1080. The van der Waals surface area contributed by atoms with E-state index in [1.807, 2.05) is 42.5 Å². The number of carbonyl (C=O) groups is 1. The van der Waals surface area contributed by atoms with Gasteiger partial charge in [-0.3, -0.25) is 0 Å². The molecule has 0 saturated carbocycles. The first-order valence-corrected chi connectivity index (χ1v) is 10.2. The second-order valence-electron chi connectivity index (χ2n) is 7.71. The van der Waals surface area contributed by atoms with E-state index in [9.17, 15) is 13.6 Å². The summed E-state index contributed by atoms with van der Waals surface area (Å²) in [5.41, 5.74) is 2.16. The van der Waals surface area contributed by atoms with E-state index in [1.54, 1.807) is 23.1 Å². The summed E-state index contributed by atoms with van der Waals surface area (Å²) in [5.74, 6) is -1.21. The van der Waals surface area contributed by atoms with Gasteiger partial charge in [-0.15, -0.1) is 6.58 Å². The van der Waals surface area contributed by atoms with Gasteiger partial charge in [0, 0.05) is 37.6 Å². The van der Waals surface area contributed by atoms with E-state index in [0.717, 1.165) is 17.2 Å². The highest BCUT2D eigenvalue weighted by Gasteiger charge is 2.41. The van der Waals surface area contributed by atoms with Crippen LogP contribution in [-0.2, 0) is 16.9 Å². The molecule has 1 heterocycles. The van der Waals surface area contributed by atoms with E-state index in [0.29, 0.717) is 37.1 Å². The molecule has 3 aromatic rings. The summed E-state index contributed by atoms with van der Waals surface area (Å²) in [6, 6.07) is 20.5. The van der Waals surface area contributed by atoms with Crippen molar-refractivity contribution in [2.45, 2.75) is 25.0 Å². The maximum atomic E-state index is 14.0. The lowest BCUT2D eigenvalue weighted by Crippen LogP contribution is -2.47. The summed E-state index contributed by atoms with van der Waals surface area (Å²) in [5, 5.41) is 0. The first kappa shape index (κ1) is 20.8. The Morgan fingerprint density at radius 1 is 1.03 bits per heavy atom. The molecule has 158 valence electrons. The number of benzene rings is 3. The molecule has 31 heavy (non-hydrogen) atoms. The molecule has 0 N–H and O–H groups in total. The number of amides is 1. The minimum atomic E-state index is -0.694. The number of nitrogens with zero attached hydrogens (tertiary/aromatic N) is 1. The minimum absolute atomic E-state index is 0.336. The van der Waals surface area contributed by atoms with Crippen LogP contribution in [0.4, 0.5) is 13.6 Å². The summed E-state index contributed by atoms with van der Waals surface area (Å²) >= 11 is 0. The van der Waals surface area contributed by atoms with Crippen LogP contribution in [0.15, 0.2) is 85.5 Å². The van der Waals surface area contributed by atoms with Crippen LogP contribution in [0.3, 0.4) is 0 Å². The fourth-order valence-electron chi connectivity index (χ4n) is 4.01. The Hall–Kier alpha value is -3.47. The van der Waals surface area contributed by atoms with Crippen LogP contribution in [-0.4, -0.2) is 17.5 Å². The topological polar surface area (TPSA) is 29.5 Å². The van der Waals surface area contributed by atoms with Crippen LogP contribution < -0.4 is 0 Å². The molecule has 1 aliphatic rings. The molecule has 3 aromatic carbocycles.